The number of nitrogens with zero attached hydrogens (tertiary/aromatic N) is 2. The van der Waals surface area contributed by atoms with Crippen molar-refractivity contribution in [3.05, 3.63) is 35.4 Å². The smallest absolute Gasteiger partial charge is 0.253 e. The fourth-order valence-electron chi connectivity index (χ4n) is 3.31. The van der Waals surface area contributed by atoms with Crippen LogP contribution in [0.2, 0.25) is 0 Å². The second-order valence-electron chi connectivity index (χ2n) is 6.55. The number of rotatable bonds is 3. The van der Waals surface area contributed by atoms with E-state index in [2.05, 4.69) is 0 Å². The number of hydrogen-bond donors (Lipinski definition) is 0. The van der Waals surface area contributed by atoms with E-state index in [9.17, 15) is 18.0 Å². The highest BCUT2D eigenvalue weighted by Crippen LogP contribution is 2.19. The number of benzene rings is 1. The molecule has 0 bridgehead atoms. The molecular formula is C17H22N2O4S. The third-order valence-electron chi connectivity index (χ3n) is 4.85. The van der Waals surface area contributed by atoms with Gasteiger partial charge in [-0.05, 0) is 43.5 Å². The van der Waals surface area contributed by atoms with Crippen LogP contribution in [-0.2, 0) is 9.84 Å². The maximum Gasteiger partial charge on any atom is 0.253 e. The molecule has 0 radical (unpaired) electrons. The van der Waals surface area contributed by atoms with E-state index in [1.807, 2.05) is 4.90 Å². The Morgan fingerprint density at radius 3 is 2.21 bits per heavy atom. The topological polar surface area (TPSA) is 74.8 Å². The van der Waals surface area contributed by atoms with Gasteiger partial charge in [0.05, 0.1) is 11.5 Å². The van der Waals surface area contributed by atoms with Crippen molar-refractivity contribution in [3.8, 4) is 0 Å². The summed E-state index contributed by atoms with van der Waals surface area (Å²) in [6.45, 7) is 1.58. The van der Waals surface area contributed by atoms with E-state index in [4.69, 9.17) is 0 Å². The van der Waals surface area contributed by atoms with Crippen LogP contribution >= 0.6 is 0 Å². The van der Waals surface area contributed by atoms with Gasteiger partial charge in [-0.1, -0.05) is 0 Å². The number of hydrogen-bond acceptors (Lipinski definition) is 4. The van der Waals surface area contributed by atoms with Crippen molar-refractivity contribution in [1.29, 1.82) is 0 Å². The number of carbonyl (C=O) groups is 2. The molecule has 130 valence electrons. The standard InChI is InChI=1S/C17H22N2O4S/c1-18(15-8-11-24(22,23)12-15)16(20)13-4-6-14(7-5-13)17(21)19-9-2-3-10-19/h4-7,15H,2-3,8-12H2,1H3. The Labute approximate surface area is 142 Å². The van der Waals surface area contributed by atoms with E-state index < -0.39 is 9.84 Å². The Hall–Kier alpha value is -1.89. The molecule has 24 heavy (non-hydrogen) atoms. The zero-order chi connectivity index (χ0) is 17.3. The van der Waals surface area contributed by atoms with E-state index >= 15 is 0 Å². The van der Waals surface area contributed by atoms with Gasteiger partial charge in [0.15, 0.2) is 9.84 Å². The quantitative estimate of drug-likeness (QED) is 0.820. The zero-order valence-electron chi connectivity index (χ0n) is 13.8. The highest BCUT2D eigenvalue weighted by atomic mass is 32.2. The minimum atomic E-state index is -3.03. The lowest BCUT2D eigenvalue weighted by atomic mass is 10.1. The molecule has 2 saturated heterocycles. The molecule has 0 spiro atoms. The molecule has 6 nitrogen and oxygen atoms in total. The lowest BCUT2D eigenvalue weighted by Crippen LogP contribution is -2.37. The Morgan fingerprint density at radius 1 is 1.08 bits per heavy atom. The van der Waals surface area contributed by atoms with Crippen LogP contribution in [0.15, 0.2) is 24.3 Å². The third-order valence-corrected chi connectivity index (χ3v) is 6.60. The van der Waals surface area contributed by atoms with Crippen LogP contribution in [-0.4, -0.2) is 67.7 Å². The first-order valence-electron chi connectivity index (χ1n) is 8.24. The predicted octanol–water partition coefficient (Wildman–Crippen LogP) is 1.18. The van der Waals surface area contributed by atoms with Crippen LogP contribution in [0, 0.1) is 0 Å². The molecular weight excluding hydrogens is 328 g/mol. The van der Waals surface area contributed by atoms with Gasteiger partial charge in [0.25, 0.3) is 11.8 Å². The van der Waals surface area contributed by atoms with E-state index in [1.165, 1.54) is 4.90 Å². The summed E-state index contributed by atoms with van der Waals surface area (Å²) in [6.07, 6.45) is 2.56. The molecule has 2 fully saturated rings. The third kappa shape index (κ3) is 3.45. The molecule has 0 aromatic heterocycles. The van der Waals surface area contributed by atoms with Crippen molar-refractivity contribution >= 4 is 21.7 Å². The second kappa shape index (κ2) is 6.55. The number of carbonyl (C=O) groups excluding carboxylic acids is 2. The van der Waals surface area contributed by atoms with Gasteiger partial charge in [-0.2, -0.15) is 0 Å². The largest absolute Gasteiger partial charge is 0.339 e. The van der Waals surface area contributed by atoms with E-state index in [0.29, 0.717) is 17.5 Å². The summed E-state index contributed by atoms with van der Waals surface area (Å²) < 4.78 is 23.1. The monoisotopic (exact) mass is 350 g/mol. The van der Waals surface area contributed by atoms with Crippen LogP contribution in [0.25, 0.3) is 0 Å². The average molecular weight is 350 g/mol. The van der Waals surface area contributed by atoms with Crippen LogP contribution in [0.3, 0.4) is 0 Å². The average Bonchev–Trinajstić information content (AvgIpc) is 3.22. The van der Waals surface area contributed by atoms with Gasteiger partial charge in [-0.3, -0.25) is 9.59 Å². The first kappa shape index (κ1) is 17.0. The number of amides is 2. The van der Waals surface area contributed by atoms with E-state index in [-0.39, 0.29) is 29.4 Å². The van der Waals surface area contributed by atoms with Crippen LogP contribution in [0.1, 0.15) is 40.0 Å². The summed E-state index contributed by atoms with van der Waals surface area (Å²) in [7, 11) is -1.39. The molecule has 2 aliphatic heterocycles. The van der Waals surface area contributed by atoms with Crippen LogP contribution in [0.4, 0.5) is 0 Å². The van der Waals surface area contributed by atoms with Crippen molar-refractivity contribution in [2.24, 2.45) is 0 Å². The van der Waals surface area contributed by atoms with E-state index in [0.717, 1.165) is 25.9 Å². The molecule has 1 unspecified atom stereocenters. The predicted molar refractivity (Wildman–Crippen MR) is 90.7 cm³/mol. The molecule has 7 heteroatoms. The van der Waals surface area contributed by atoms with Gasteiger partial charge in [0.2, 0.25) is 0 Å². The van der Waals surface area contributed by atoms with Gasteiger partial charge in [0, 0.05) is 37.3 Å². The Balaban J connectivity index is 1.68. The summed E-state index contributed by atoms with van der Waals surface area (Å²) in [5.41, 5.74) is 1.05. The Bertz CT molecular complexity index is 736. The molecule has 2 amide bonds. The van der Waals surface area contributed by atoms with Crippen molar-refractivity contribution in [1.82, 2.24) is 9.80 Å². The first-order valence-corrected chi connectivity index (χ1v) is 10.1. The van der Waals surface area contributed by atoms with Crippen molar-refractivity contribution in [2.45, 2.75) is 25.3 Å². The molecule has 2 aliphatic rings. The van der Waals surface area contributed by atoms with Gasteiger partial charge in [-0.15, -0.1) is 0 Å². The molecule has 1 aromatic rings. The van der Waals surface area contributed by atoms with Gasteiger partial charge in [0.1, 0.15) is 0 Å². The lowest BCUT2D eigenvalue weighted by molar-refractivity contribution is 0.0744. The molecule has 1 atom stereocenters. The molecule has 0 aliphatic carbocycles. The summed E-state index contributed by atoms with van der Waals surface area (Å²) in [4.78, 5) is 28.1. The minimum Gasteiger partial charge on any atom is -0.339 e. The fraction of sp³-hybridized carbons (Fsp3) is 0.529. The van der Waals surface area contributed by atoms with E-state index in [1.54, 1.807) is 31.3 Å². The first-order chi connectivity index (χ1) is 11.4. The summed E-state index contributed by atoms with van der Waals surface area (Å²) in [6, 6.07) is 6.37. The summed E-state index contributed by atoms with van der Waals surface area (Å²) in [5.74, 6) is -0.0432. The Morgan fingerprint density at radius 2 is 1.67 bits per heavy atom. The summed E-state index contributed by atoms with van der Waals surface area (Å²) in [5, 5.41) is 0. The van der Waals surface area contributed by atoms with Crippen LogP contribution in [0.5, 0.6) is 0 Å². The maximum atomic E-state index is 12.5. The van der Waals surface area contributed by atoms with Gasteiger partial charge >= 0.3 is 0 Å². The fourth-order valence-corrected chi connectivity index (χ4v) is 5.08. The molecule has 0 saturated carbocycles. The molecule has 1 aromatic carbocycles. The molecule has 0 N–H and O–H groups in total. The van der Waals surface area contributed by atoms with Crippen LogP contribution < -0.4 is 0 Å². The molecule has 3 rings (SSSR count). The molecule has 2 heterocycles. The maximum absolute atomic E-state index is 12.5. The van der Waals surface area contributed by atoms with Gasteiger partial charge in [-0.25, -0.2) is 8.42 Å². The number of likely N-dealkylation sites (tertiary alicyclic amines) is 1. The normalized spacial score (nSPS) is 22.5. The van der Waals surface area contributed by atoms with Crippen molar-refractivity contribution in [2.75, 3.05) is 31.6 Å². The lowest BCUT2D eigenvalue weighted by Gasteiger charge is -2.23. The van der Waals surface area contributed by atoms with Crippen molar-refractivity contribution < 1.29 is 18.0 Å². The van der Waals surface area contributed by atoms with Gasteiger partial charge < -0.3 is 9.80 Å². The SMILES string of the molecule is CN(C(=O)c1ccc(C(=O)N2CCCC2)cc1)C1CCS(=O)(=O)C1. The summed E-state index contributed by atoms with van der Waals surface area (Å²) >= 11 is 0. The zero-order valence-corrected chi connectivity index (χ0v) is 14.6. The minimum absolute atomic E-state index is 0.00161. The Kier molecular flexibility index (Phi) is 4.62. The second-order valence-corrected chi connectivity index (χ2v) is 8.78. The highest BCUT2D eigenvalue weighted by Gasteiger charge is 2.33. The highest BCUT2D eigenvalue weighted by molar-refractivity contribution is 7.91. The number of sulfone groups is 1. The van der Waals surface area contributed by atoms with Crippen molar-refractivity contribution in [3.63, 3.8) is 0 Å².